The highest BCUT2D eigenvalue weighted by Crippen LogP contribution is 2.32. The summed E-state index contributed by atoms with van der Waals surface area (Å²) in [4.78, 5) is 31.5. The van der Waals surface area contributed by atoms with Gasteiger partial charge in [-0.3, -0.25) is 14.7 Å². The molecule has 6 heteroatoms. The zero-order chi connectivity index (χ0) is 19.3. The number of nitrogens with one attached hydrogen (secondary N) is 1. The SMILES string of the molecule is COC(=O)N1[C@H](C)C=C[C@]1(Cc1ccccc1)C(=O)NCc1ccccn1. The average molecular weight is 365 g/mol. The normalized spacial score (nSPS) is 21.1. The van der Waals surface area contributed by atoms with Gasteiger partial charge in [0.15, 0.2) is 0 Å². The van der Waals surface area contributed by atoms with Crippen molar-refractivity contribution in [2.75, 3.05) is 7.11 Å². The van der Waals surface area contributed by atoms with Crippen LogP contribution in [0.15, 0.2) is 66.9 Å². The standard InChI is InChI=1S/C21H23N3O3/c1-16-11-12-21(24(16)20(26)27-2,14-17-8-4-3-5-9-17)19(25)23-15-18-10-6-7-13-22-18/h3-13,16H,14-15H2,1-2H3,(H,23,25)/t16-,21+/m1/s1. The van der Waals surface area contributed by atoms with Crippen LogP contribution in [0.5, 0.6) is 0 Å². The summed E-state index contributed by atoms with van der Waals surface area (Å²) in [6, 6.07) is 14.9. The lowest BCUT2D eigenvalue weighted by Crippen LogP contribution is -2.60. The van der Waals surface area contributed by atoms with Crippen LogP contribution in [0.3, 0.4) is 0 Å². The van der Waals surface area contributed by atoms with Crippen LogP contribution in [-0.2, 0) is 22.5 Å². The highest BCUT2D eigenvalue weighted by molar-refractivity contribution is 5.93. The van der Waals surface area contributed by atoms with E-state index < -0.39 is 11.6 Å². The van der Waals surface area contributed by atoms with Crippen molar-refractivity contribution in [2.45, 2.75) is 31.5 Å². The minimum absolute atomic E-state index is 0.248. The van der Waals surface area contributed by atoms with Gasteiger partial charge in [-0.1, -0.05) is 48.6 Å². The Balaban J connectivity index is 1.90. The van der Waals surface area contributed by atoms with E-state index in [1.165, 1.54) is 12.0 Å². The second kappa shape index (κ2) is 8.03. The predicted molar refractivity (Wildman–Crippen MR) is 102 cm³/mol. The van der Waals surface area contributed by atoms with Crippen LogP contribution in [0, 0.1) is 0 Å². The van der Waals surface area contributed by atoms with Gasteiger partial charge in [-0.05, 0) is 24.6 Å². The topological polar surface area (TPSA) is 71.5 Å². The lowest BCUT2D eigenvalue weighted by molar-refractivity contribution is -0.130. The van der Waals surface area contributed by atoms with Crippen LogP contribution in [0.25, 0.3) is 0 Å². The Labute approximate surface area is 158 Å². The molecule has 0 fully saturated rings. The maximum absolute atomic E-state index is 13.3. The summed E-state index contributed by atoms with van der Waals surface area (Å²) in [7, 11) is 1.33. The summed E-state index contributed by atoms with van der Waals surface area (Å²) >= 11 is 0. The number of amides is 2. The van der Waals surface area contributed by atoms with Crippen molar-refractivity contribution < 1.29 is 14.3 Å². The van der Waals surface area contributed by atoms with Gasteiger partial charge in [0, 0.05) is 12.6 Å². The predicted octanol–water partition coefficient (Wildman–Crippen LogP) is 2.71. The first kappa shape index (κ1) is 18.6. The van der Waals surface area contributed by atoms with E-state index in [-0.39, 0.29) is 18.5 Å². The molecule has 1 aliphatic rings. The Morgan fingerprint density at radius 3 is 2.59 bits per heavy atom. The van der Waals surface area contributed by atoms with Crippen LogP contribution < -0.4 is 5.32 Å². The van der Waals surface area contributed by atoms with Crippen molar-refractivity contribution in [3.8, 4) is 0 Å². The Kier molecular flexibility index (Phi) is 5.54. The molecule has 0 unspecified atom stereocenters. The van der Waals surface area contributed by atoms with Gasteiger partial charge >= 0.3 is 6.09 Å². The van der Waals surface area contributed by atoms with Crippen molar-refractivity contribution >= 4 is 12.0 Å². The van der Waals surface area contributed by atoms with Crippen molar-refractivity contribution in [2.24, 2.45) is 0 Å². The van der Waals surface area contributed by atoms with Crippen LogP contribution >= 0.6 is 0 Å². The number of hydrogen-bond acceptors (Lipinski definition) is 4. The number of aromatic nitrogens is 1. The molecule has 1 aromatic heterocycles. The quantitative estimate of drug-likeness (QED) is 0.827. The van der Waals surface area contributed by atoms with Crippen LogP contribution in [0.4, 0.5) is 4.79 Å². The van der Waals surface area contributed by atoms with E-state index >= 15 is 0 Å². The third-order valence-electron chi connectivity index (χ3n) is 4.72. The smallest absolute Gasteiger partial charge is 0.411 e. The molecular weight excluding hydrogens is 342 g/mol. The van der Waals surface area contributed by atoms with Gasteiger partial charge in [-0.25, -0.2) is 4.79 Å². The molecule has 0 aliphatic carbocycles. The molecule has 0 radical (unpaired) electrons. The lowest BCUT2D eigenvalue weighted by atomic mass is 9.89. The molecule has 2 aromatic rings. The Morgan fingerprint density at radius 1 is 1.19 bits per heavy atom. The molecule has 3 rings (SSSR count). The molecular formula is C21H23N3O3. The van der Waals surface area contributed by atoms with E-state index in [0.29, 0.717) is 6.42 Å². The minimum Gasteiger partial charge on any atom is -0.453 e. The summed E-state index contributed by atoms with van der Waals surface area (Å²) in [5, 5.41) is 2.93. The molecule has 0 saturated carbocycles. The van der Waals surface area contributed by atoms with Crippen molar-refractivity contribution in [1.29, 1.82) is 0 Å². The summed E-state index contributed by atoms with van der Waals surface area (Å²) < 4.78 is 4.97. The average Bonchev–Trinajstić information content (AvgIpc) is 3.04. The van der Waals surface area contributed by atoms with E-state index in [9.17, 15) is 9.59 Å². The van der Waals surface area contributed by atoms with Crippen molar-refractivity contribution in [3.63, 3.8) is 0 Å². The number of hydrogen-bond donors (Lipinski definition) is 1. The van der Waals surface area contributed by atoms with E-state index in [2.05, 4.69) is 10.3 Å². The molecule has 6 nitrogen and oxygen atoms in total. The third-order valence-corrected chi connectivity index (χ3v) is 4.72. The van der Waals surface area contributed by atoms with E-state index in [1.807, 2.05) is 61.5 Å². The fourth-order valence-electron chi connectivity index (χ4n) is 3.40. The number of carbonyl (C=O) groups excluding carboxylic acids is 2. The van der Waals surface area contributed by atoms with Crippen LogP contribution in [-0.4, -0.2) is 40.6 Å². The number of pyridine rings is 1. The minimum atomic E-state index is -1.15. The fraction of sp³-hybridized carbons (Fsp3) is 0.286. The maximum atomic E-state index is 13.3. The molecule has 27 heavy (non-hydrogen) atoms. The van der Waals surface area contributed by atoms with E-state index in [4.69, 9.17) is 4.74 Å². The molecule has 0 bridgehead atoms. The summed E-state index contributed by atoms with van der Waals surface area (Å²) in [5.74, 6) is -0.261. The molecule has 140 valence electrons. The number of methoxy groups -OCH3 is 1. The van der Waals surface area contributed by atoms with Crippen LogP contribution in [0.1, 0.15) is 18.2 Å². The van der Waals surface area contributed by atoms with Gasteiger partial charge in [0.25, 0.3) is 5.91 Å². The number of rotatable bonds is 5. The number of ether oxygens (including phenoxy) is 1. The van der Waals surface area contributed by atoms with Gasteiger partial charge in [-0.2, -0.15) is 0 Å². The van der Waals surface area contributed by atoms with Gasteiger partial charge in [0.05, 0.1) is 25.4 Å². The maximum Gasteiger partial charge on any atom is 0.411 e. The van der Waals surface area contributed by atoms with E-state index in [0.717, 1.165) is 11.3 Å². The number of nitrogens with zero attached hydrogens (tertiary/aromatic N) is 2. The lowest BCUT2D eigenvalue weighted by Gasteiger charge is -2.38. The molecule has 2 atom stereocenters. The van der Waals surface area contributed by atoms with Gasteiger partial charge < -0.3 is 10.1 Å². The van der Waals surface area contributed by atoms with Gasteiger partial charge in [-0.15, -0.1) is 0 Å². The molecule has 0 saturated heterocycles. The van der Waals surface area contributed by atoms with Crippen molar-refractivity contribution in [1.82, 2.24) is 15.2 Å². The molecule has 1 aromatic carbocycles. The largest absolute Gasteiger partial charge is 0.453 e. The number of carbonyl (C=O) groups is 2. The second-order valence-corrected chi connectivity index (χ2v) is 6.53. The zero-order valence-corrected chi connectivity index (χ0v) is 15.5. The highest BCUT2D eigenvalue weighted by Gasteiger charge is 2.50. The third kappa shape index (κ3) is 3.84. The molecule has 2 heterocycles. The Bertz CT molecular complexity index is 823. The molecule has 0 spiro atoms. The second-order valence-electron chi connectivity index (χ2n) is 6.53. The summed E-state index contributed by atoms with van der Waals surface area (Å²) in [6.07, 6.45) is 5.17. The molecule has 2 amide bonds. The monoisotopic (exact) mass is 365 g/mol. The summed E-state index contributed by atoms with van der Waals surface area (Å²) in [6.45, 7) is 2.15. The highest BCUT2D eigenvalue weighted by atomic mass is 16.5. The first-order valence-electron chi connectivity index (χ1n) is 8.85. The number of benzene rings is 1. The van der Waals surface area contributed by atoms with Gasteiger partial charge in [0.2, 0.25) is 0 Å². The first-order valence-corrected chi connectivity index (χ1v) is 8.85. The summed E-state index contributed by atoms with van der Waals surface area (Å²) in [5.41, 5.74) is 0.557. The Hall–Kier alpha value is -3.15. The molecule has 1 N–H and O–H groups in total. The first-order chi connectivity index (χ1) is 13.1. The zero-order valence-electron chi connectivity index (χ0n) is 15.5. The van der Waals surface area contributed by atoms with Crippen molar-refractivity contribution in [3.05, 3.63) is 78.1 Å². The van der Waals surface area contributed by atoms with E-state index in [1.54, 1.807) is 12.3 Å². The van der Waals surface area contributed by atoms with Gasteiger partial charge in [0.1, 0.15) is 5.54 Å². The Morgan fingerprint density at radius 2 is 1.93 bits per heavy atom. The fourth-order valence-corrected chi connectivity index (χ4v) is 3.40. The van der Waals surface area contributed by atoms with Crippen LogP contribution in [0.2, 0.25) is 0 Å². The molecule has 1 aliphatic heterocycles.